The van der Waals surface area contributed by atoms with Gasteiger partial charge in [0, 0.05) is 25.1 Å². The number of hydrogen-bond donors (Lipinski definition) is 0. The number of benzene rings is 1. The van der Waals surface area contributed by atoms with E-state index in [0.29, 0.717) is 29.3 Å². The fourth-order valence-corrected chi connectivity index (χ4v) is 3.15. The molecule has 0 radical (unpaired) electrons. The lowest BCUT2D eigenvalue weighted by atomic mass is 10.1. The molecule has 0 N–H and O–H groups in total. The first-order valence-electron chi connectivity index (χ1n) is 8.53. The minimum Gasteiger partial charge on any atom is -0.494 e. The maximum Gasteiger partial charge on any atom is 0.259 e. The highest BCUT2D eigenvalue weighted by molar-refractivity contribution is 6.35. The first-order chi connectivity index (χ1) is 12.2. The van der Waals surface area contributed by atoms with Gasteiger partial charge in [-0.25, -0.2) is 0 Å². The second-order valence-electron chi connectivity index (χ2n) is 6.00. The van der Waals surface area contributed by atoms with Gasteiger partial charge in [0.05, 0.1) is 17.0 Å². The summed E-state index contributed by atoms with van der Waals surface area (Å²) >= 11 is 6.35. The van der Waals surface area contributed by atoms with Gasteiger partial charge in [0.2, 0.25) is 0 Å². The highest BCUT2D eigenvalue weighted by Crippen LogP contribution is 2.27. The predicted molar refractivity (Wildman–Crippen MR) is 102 cm³/mol. The number of fused-ring (bicyclic) bond motifs is 1. The quantitative estimate of drug-likeness (QED) is 0.586. The van der Waals surface area contributed by atoms with Crippen molar-refractivity contribution < 1.29 is 4.74 Å². The predicted octanol–water partition coefficient (Wildman–Crippen LogP) is 4.47. The van der Waals surface area contributed by atoms with E-state index >= 15 is 0 Å². The summed E-state index contributed by atoms with van der Waals surface area (Å²) in [5.74, 6) is 0.691. The number of pyridine rings is 2. The zero-order valence-electron chi connectivity index (χ0n) is 14.2. The SMILES string of the molecule is CCCn1ccc2cc(OCCCc3cccnc3)cc(Cl)c2c1=O. The first kappa shape index (κ1) is 17.5. The maximum atomic E-state index is 12.5. The Kier molecular flexibility index (Phi) is 5.71. The summed E-state index contributed by atoms with van der Waals surface area (Å²) in [4.78, 5) is 16.6. The van der Waals surface area contributed by atoms with Crippen LogP contribution >= 0.6 is 11.6 Å². The average molecular weight is 357 g/mol. The molecule has 0 spiro atoms. The van der Waals surface area contributed by atoms with E-state index < -0.39 is 0 Å². The van der Waals surface area contributed by atoms with Crippen LogP contribution in [0.25, 0.3) is 10.8 Å². The van der Waals surface area contributed by atoms with E-state index in [4.69, 9.17) is 16.3 Å². The molecule has 0 aliphatic heterocycles. The van der Waals surface area contributed by atoms with Crippen molar-refractivity contribution in [3.8, 4) is 5.75 Å². The average Bonchev–Trinajstić information content (AvgIpc) is 2.62. The van der Waals surface area contributed by atoms with Crippen LogP contribution in [0.3, 0.4) is 0 Å². The van der Waals surface area contributed by atoms with Crippen LogP contribution in [0.4, 0.5) is 0 Å². The number of nitrogens with zero attached hydrogens (tertiary/aromatic N) is 2. The molecule has 0 fully saturated rings. The van der Waals surface area contributed by atoms with Crippen LogP contribution in [-0.4, -0.2) is 16.2 Å². The Morgan fingerprint density at radius 2 is 2.16 bits per heavy atom. The summed E-state index contributed by atoms with van der Waals surface area (Å²) in [7, 11) is 0. The molecule has 0 saturated heterocycles. The number of aromatic nitrogens is 2. The molecule has 0 atom stereocenters. The second kappa shape index (κ2) is 8.17. The summed E-state index contributed by atoms with van der Waals surface area (Å²) in [6.07, 6.45) is 8.16. The molecule has 0 aliphatic rings. The molecule has 5 heteroatoms. The highest BCUT2D eigenvalue weighted by atomic mass is 35.5. The lowest BCUT2D eigenvalue weighted by Crippen LogP contribution is -2.19. The Labute approximate surface area is 152 Å². The second-order valence-corrected chi connectivity index (χ2v) is 6.40. The summed E-state index contributed by atoms with van der Waals surface area (Å²) < 4.78 is 7.52. The molecule has 130 valence electrons. The molecule has 3 rings (SSSR count). The standard InChI is InChI=1S/C20H21ClN2O2/c1-2-9-23-10-7-16-12-17(13-18(21)19(16)20(23)24)25-11-4-6-15-5-3-8-22-14-15/h3,5,7-8,10,12-14H,2,4,6,9,11H2,1H3. The number of aryl methyl sites for hydroxylation is 2. The van der Waals surface area contributed by atoms with Crippen LogP contribution in [0.5, 0.6) is 5.75 Å². The highest BCUT2D eigenvalue weighted by Gasteiger charge is 2.09. The van der Waals surface area contributed by atoms with Crippen molar-refractivity contribution in [2.24, 2.45) is 0 Å². The molecule has 2 heterocycles. The van der Waals surface area contributed by atoms with Crippen molar-refractivity contribution in [1.29, 1.82) is 0 Å². The lowest BCUT2D eigenvalue weighted by molar-refractivity contribution is 0.311. The molecule has 4 nitrogen and oxygen atoms in total. The van der Waals surface area contributed by atoms with Crippen LogP contribution in [0.1, 0.15) is 25.3 Å². The van der Waals surface area contributed by atoms with Crippen molar-refractivity contribution in [2.75, 3.05) is 6.61 Å². The Balaban J connectivity index is 1.70. The van der Waals surface area contributed by atoms with Crippen LogP contribution < -0.4 is 10.3 Å². The molecule has 1 aromatic carbocycles. The molecule has 3 aromatic rings. The van der Waals surface area contributed by atoms with Crippen LogP contribution in [0, 0.1) is 0 Å². The largest absolute Gasteiger partial charge is 0.494 e. The van der Waals surface area contributed by atoms with Crippen LogP contribution in [0.2, 0.25) is 5.02 Å². The summed E-state index contributed by atoms with van der Waals surface area (Å²) in [6.45, 7) is 3.32. The topological polar surface area (TPSA) is 44.1 Å². The third-order valence-corrected chi connectivity index (χ3v) is 4.37. The van der Waals surface area contributed by atoms with Gasteiger partial charge >= 0.3 is 0 Å². The Morgan fingerprint density at radius 3 is 2.92 bits per heavy atom. The number of ether oxygens (including phenoxy) is 1. The van der Waals surface area contributed by atoms with Gasteiger partial charge in [-0.1, -0.05) is 24.6 Å². The third-order valence-electron chi connectivity index (χ3n) is 4.07. The Morgan fingerprint density at radius 1 is 1.28 bits per heavy atom. The van der Waals surface area contributed by atoms with Gasteiger partial charge in [0.25, 0.3) is 5.56 Å². The molecule has 0 amide bonds. The summed E-state index contributed by atoms with van der Waals surface area (Å²) in [5.41, 5.74) is 1.14. The van der Waals surface area contributed by atoms with Crippen molar-refractivity contribution in [3.63, 3.8) is 0 Å². The van der Waals surface area contributed by atoms with Gasteiger partial charge in [0.15, 0.2) is 0 Å². The van der Waals surface area contributed by atoms with Gasteiger partial charge in [0.1, 0.15) is 5.75 Å². The van der Waals surface area contributed by atoms with Crippen molar-refractivity contribution >= 4 is 22.4 Å². The molecule has 0 saturated carbocycles. The van der Waals surface area contributed by atoms with E-state index in [2.05, 4.69) is 11.1 Å². The number of halogens is 1. The van der Waals surface area contributed by atoms with Gasteiger partial charge in [-0.3, -0.25) is 9.78 Å². The third kappa shape index (κ3) is 4.20. The Hall–Kier alpha value is -2.33. The number of hydrogen-bond acceptors (Lipinski definition) is 3. The van der Waals surface area contributed by atoms with Gasteiger partial charge in [-0.2, -0.15) is 0 Å². The fourth-order valence-electron chi connectivity index (χ4n) is 2.85. The van der Waals surface area contributed by atoms with E-state index in [-0.39, 0.29) is 5.56 Å². The first-order valence-corrected chi connectivity index (χ1v) is 8.91. The fraction of sp³-hybridized carbons (Fsp3) is 0.300. The van der Waals surface area contributed by atoms with Crippen molar-refractivity contribution in [1.82, 2.24) is 9.55 Å². The Bertz CT molecular complexity index is 907. The van der Waals surface area contributed by atoms with Crippen LogP contribution in [-0.2, 0) is 13.0 Å². The zero-order valence-corrected chi connectivity index (χ0v) is 15.0. The molecule has 0 aliphatic carbocycles. The minimum absolute atomic E-state index is 0.0486. The van der Waals surface area contributed by atoms with Gasteiger partial charge < -0.3 is 9.30 Å². The number of rotatable bonds is 7. The maximum absolute atomic E-state index is 12.5. The summed E-state index contributed by atoms with van der Waals surface area (Å²) in [5, 5.41) is 1.81. The smallest absolute Gasteiger partial charge is 0.259 e. The van der Waals surface area contributed by atoms with E-state index in [1.165, 1.54) is 5.56 Å². The van der Waals surface area contributed by atoms with Crippen LogP contribution in [0.15, 0.2) is 53.7 Å². The minimum atomic E-state index is -0.0486. The van der Waals surface area contributed by atoms with Gasteiger partial charge in [-0.15, -0.1) is 0 Å². The van der Waals surface area contributed by atoms with E-state index in [1.54, 1.807) is 16.8 Å². The summed E-state index contributed by atoms with van der Waals surface area (Å²) in [6, 6.07) is 9.52. The molecule has 0 unspecified atom stereocenters. The molecular weight excluding hydrogens is 336 g/mol. The normalized spacial score (nSPS) is 11.0. The lowest BCUT2D eigenvalue weighted by Gasteiger charge is -2.10. The van der Waals surface area contributed by atoms with Gasteiger partial charge in [-0.05, 0) is 54.5 Å². The zero-order chi connectivity index (χ0) is 17.6. The molecule has 25 heavy (non-hydrogen) atoms. The van der Waals surface area contributed by atoms with E-state index in [9.17, 15) is 4.79 Å². The molecule has 2 aromatic heterocycles. The van der Waals surface area contributed by atoms with E-state index in [1.807, 2.05) is 37.5 Å². The van der Waals surface area contributed by atoms with Crippen molar-refractivity contribution in [3.05, 3.63) is 69.9 Å². The molecule has 0 bridgehead atoms. The monoisotopic (exact) mass is 356 g/mol. The molecular formula is C20H21ClN2O2. The van der Waals surface area contributed by atoms with E-state index in [0.717, 1.165) is 24.6 Å². The van der Waals surface area contributed by atoms with Crippen molar-refractivity contribution in [2.45, 2.75) is 32.7 Å².